The number of carbonyl (C=O) groups excluding carboxylic acids is 1. The Hall–Kier alpha value is -1.06. The van der Waals surface area contributed by atoms with E-state index in [2.05, 4.69) is 40.5 Å². The smallest absolute Gasteiger partial charge is 0.222 e. The van der Waals surface area contributed by atoms with Gasteiger partial charge in [-0.1, -0.05) is 30.3 Å². The molecule has 2 fully saturated rings. The van der Waals surface area contributed by atoms with E-state index in [1.165, 1.54) is 31.2 Å². The van der Waals surface area contributed by atoms with E-state index < -0.39 is 0 Å². The van der Waals surface area contributed by atoms with E-state index >= 15 is 0 Å². The van der Waals surface area contributed by atoms with E-state index in [-0.39, 0.29) is 12.4 Å². The van der Waals surface area contributed by atoms with Crippen molar-refractivity contribution in [1.29, 1.82) is 0 Å². The Morgan fingerprint density at radius 1 is 1.08 bits per heavy atom. The van der Waals surface area contributed by atoms with E-state index in [0.717, 1.165) is 32.5 Å². The van der Waals surface area contributed by atoms with Crippen LogP contribution in [-0.4, -0.2) is 37.5 Å². The summed E-state index contributed by atoms with van der Waals surface area (Å²) in [5.74, 6) is 2.35. The fourth-order valence-electron chi connectivity index (χ4n) is 4.32. The van der Waals surface area contributed by atoms with Gasteiger partial charge < -0.3 is 10.2 Å². The number of halogens is 1. The molecule has 1 aliphatic carbocycles. The Kier molecular flexibility index (Phi) is 7.57. The lowest BCUT2D eigenvalue weighted by Gasteiger charge is -2.29. The Balaban J connectivity index is 0.00000208. The Bertz CT molecular complexity index is 500. The van der Waals surface area contributed by atoms with E-state index in [0.29, 0.717) is 23.7 Å². The van der Waals surface area contributed by atoms with Gasteiger partial charge in [-0.05, 0) is 69.0 Å². The van der Waals surface area contributed by atoms with Gasteiger partial charge in [-0.15, -0.1) is 12.4 Å². The molecule has 1 aromatic rings. The van der Waals surface area contributed by atoms with Gasteiger partial charge in [-0.3, -0.25) is 4.79 Å². The molecule has 4 heteroatoms. The van der Waals surface area contributed by atoms with Crippen molar-refractivity contribution in [3.63, 3.8) is 0 Å². The van der Waals surface area contributed by atoms with Crippen LogP contribution in [0, 0.1) is 11.8 Å². The first-order valence-electron chi connectivity index (χ1n) is 9.23. The molecule has 0 aromatic heterocycles. The first-order chi connectivity index (χ1) is 11.3. The largest absolute Gasteiger partial charge is 0.342 e. The normalized spacial score (nSPS) is 26.9. The van der Waals surface area contributed by atoms with Crippen LogP contribution in [0.4, 0.5) is 0 Å². The molecule has 3 rings (SSSR count). The second-order valence-electron chi connectivity index (χ2n) is 7.38. The highest BCUT2D eigenvalue weighted by Gasteiger charge is 2.29. The Morgan fingerprint density at radius 2 is 1.79 bits per heavy atom. The van der Waals surface area contributed by atoms with Crippen molar-refractivity contribution < 1.29 is 4.79 Å². The van der Waals surface area contributed by atoms with Crippen LogP contribution in [-0.2, 0) is 4.79 Å². The number of amides is 1. The number of benzene rings is 1. The molecule has 3 nitrogen and oxygen atoms in total. The van der Waals surface area contributed by atoms with Crippen molar-refractivity contribution in [3.05, 3.63) is 35.9 Å². The molecule has 1 aromatic carbocycles. The fraction of sp³-hybridized carbons (Fsp3) is 0.650. The second kappa shape index (κ2) is 9.43. The molecule has 0 radical (unpaired) electrons. The Labute approximate surface area is 152 Å². The van der Waals surface area contributed by atoms with E-state index in [4.69, 9.17) is 0 Å². The molecule has 134 valence electrons. The van der Waals surface area contributed by atoms with Crippen molar-refractivity contribution in [2.24, 2.45) is 11.8 Å². The molecule has 0 bridgehead atoms. The van der Waals surface area contributed by atoms with Gasteiger partial charge in [0.15, 0.2) is 0 Å². The van der Waals surface area contributed by atoms with Gasteiger partial charge in [0, 0.05) is 19.5 Å². The zero-order valence-corrected chi connectivity index (χ0v) is 15.6. The summed E-state index contributed by atoms with van der Waals surface area (Å²) in [6.45, 7) is 2.95. The minimum Gasteiger partial charge on any atom is -0.342 e. The number of nitrogens with zero attached hydrogens (tertiary/aromatic N) is 1. The van der Waals surface area contributed by atoms with Gasteiger partial charge in [0.05, 0.1) is 0 Å². The van der Waals surface area contributed by atoms with Crippen LogP contribution in [0.25, 0.3) is 0 Å². The van der Waals surface area contributed by atoms with Crippen molar-refractivity contribution in [2.75, 3.05) is 26.7 Å². The third kappa shape index (κ3) is 4.97. The maximum Gasteiger partial charge on any atom is 0.222 e. The van der Waals surface area contributed by atoms with Gasteiger partial charge in [0.2, 0.25) is 5.91 Å². The summed E-state index contributed by atoms with van der Waals surface area (Å²) >= 11 is 0. The summed E-state index contributed by atoms with van der Waals surface area (Å²) in [5.41, 5.74) is 1.48. The summed E-state index contributed by atoms with van der Waals surface area (Å²) in [6.07, 6.45) is 6.83. The maximum atomic E-state index is 12.5. The lowest BCUT2D eigenvalue weighted by atomic mass is 9.77. The lowest BCUT2D eigenvalue weighted by Crippen LogP contribution is -2.32. The molecule has 1 saturated carbocycles. The summed E-state index contributed by atoms with van der Waals surface area (Å²) < 4.78 is 0. The lowest BCUT2D eigenvalue weighted by molar-refractivity contribution is -0.131. The minimum absolute atomic E-state index is 0. The highest BCUT2D eigenvalue weighted by atomic mass is 35.5. The quantitative estimate of drug-likeness (QED) is 0.875. The molecule has 1 unspecified atom stereocenters. The van der Waals surface area contributed by atoms with Crippen LogP contribution in [0.2, 0.25) is 0 Å². The van der Waals surface area contributed by atoms with E-state index in [1.54, 1.807) is 0 Å². The predicted octanol–water partition coefficient (Wildman–Crippen LogP) is 3.84. The van der Waals surface area contributed by atoms with Crippen LogP contribution in [0.1, 0.15) is 50.0 Å². The molecule has 1 N–H and O–H groups in total. The Morgan fingerprint density at radius 3 is 2.46 bits per heavy atom. The first-order valence-corrected chi connectivity index (χ1v) is 9.23. The van der Waals surface area contributed by atoms with Gasteiger partial charge in [0.25, 0.3) is 0 Å². The van der Waals surface area contributed by atoms with Gasteiger partial charge >= 0.3 is 0 Å². The summed E-state index contributed by atoms with van der Waals surface area (Å²) in [7, 11) is 2.00. The number of rotatable bonds is 5. The standard InChI is InChI=1S/C20H30N2O.ClH/c1-21-14-17-11-12-22(15-17)20(23)13-16-7-9-19(10-8-16)18-5-3-2-4-6-18;/h2-6,16-17,19,21H,7-15H2,1H3;1H. The van der Waals surface area contributed by atoms with Crippen molar-refractivity contribution in [3.8, 4) is 0 Å². The average molecular weight is 351 g/mol. The number of carbonyl (C=O) groups is 1. The number of likely N-dealkylation sites (tertiary alicyclic amines) is 1. The fourth-order valence-corrected chi connectivity index (χ4v) is 4.32. The second-order valence-corrected chi connectivity index (χ2v) is 7.38. The van der Waals surface area contributed by atoms with Gasteiger partial charge in [0.1, 0.15) is 0 Å². The first kappa shape index (κ1) is 19.3. The summed E-state index contributed by atoms with van der Waals surface area (Å²) in [6, 6.07) is 10.9. The monoisotopic (exact) mass is 350 g/mol. The SMILES string of the molecule is CNCC1CCN(C(=O)CC2CCC(c3ccccc3)CC2)C1.Cl. The average Bonchev–Trinajstić information content (AvgIpc) is 3.06. The summed E-state index contributed by atoms with van der Waals surface area (Å²) in [5, 5.41) is 3.23. The molecule has 24 heavy (non-hydrogen) atoms. The topological polar surface area (TPSA) is 32.3 Å². The van der Waals surface area contributed by atoms with E-state index in [1.807, 2.05) is 7.05 Å². The highest BCUT2D eigenvalue weighted by Crippen LogP contribution is 2.37. The van der Waals surface area contributed by atoms with Crippen molar-refractivity contribution >= 4 is 18.3 Å². The van der Waals surface area contributed by atoms with Crippen LogP contribution in [0.3, 0.4) is 0 Å². The van der Waals surface area contributed by atoms with Gasteiger partial charge in [-0.2, -0.15) is 0 Å². The van der Waals surface area contributed by atoms with E-state index in [9.17, 15) is 4.79 Å². The molecule has 1 heterocycles. The minimum atomic E-state index is 0. The predicted molar refractivity (Wildman–Crippen MR) is 102 cm³/mol. The van der Waals surface area contributed by atoms with Crippen LogP contribution < -0.4 is 5.32 Å². The number of nitrogens with one attached hydrogen (secondary N) is 1. The number of hydrogen-bond donors (Lipinski definition) is 1. The van der Waals surface area contributed by atoms with Gasteiger partial charge in [-0.25, -0.2) is 0 Å². The molecule has 0 spiro atoms. The zero-order chi connectivity index (χ0) is 16.1. The molecular weight excluding hydrogens is 320 g/mol. The van der Waals surface area contributed by atoms with Crippen molar-refractivity contribution in [2.45, 2.75) is 44.4 Å². The number of hydrogen-bond acceptors (Lipinski definition) is 2. The zero-order valence-electron chi connectivity index (χ0n) is 14.7. The molecule has 1 amide bonds. The van der Waals surface area contributed by atoms with Crippen molar-refractivity contribution in [1.82, 2.24) is 10.2 Å². The molecular formula is C20H31ClN2O. The van der Waals surface area contributed by atoms with Crippen LogP contribution in [0.15, 0.2) is 30.3 Å². The molecule has 1 saturated heterocycles. The molecule has 1 aliphatic heterocycles. The third-order valence-electron chi connectivity index (χ3n) is 5.71. The molecule has 2 aliphatic rings. The van der Waals surface area contributed by atoms with Crippen LogP contribution in [0.5, 0.6) is 0 Å². The maximum absolute atomic E-state index is 12.5. The highest BCUT2D eigenvalue weighted by molar-refractivity contribution is 5.85. The summed E-state index contributed by atoms with van der Waals surface area (Å²) in [4.78, 5) is 14.6. The molecule has 1 atom stereocenters. The third-order valence-corrected chi connectivity index (χ3v) is 5.71. The van der Waals surface area contributed by atoms with Crippen LogP contribution >= 0.6 is 12.4 Å².